The molecule has 0 atom stereocenters. The van der Waals surface area contributed by atoms with Crippen LogP contribution < -0.4 is 11.1 Å². The highest BCUT2D eigenvalue weighted by Crippen LogP contribution is 2.23. The van der Waals surface area contributed by atoms with Gasteiger partial charge >= 0.3 is 0 Å². The number of hydrogen-bond acceptors (Lipinski definition) is 4. The first kappa shape index (κ1) is 16.4. The van der Waals surface area contributed by atoms with Gasteiger partial charge in [0.05, 0.1) is 17.1 Å². The molecule has 0 radical (unpaired) electrons. The highest BCUT2D eigenvalue weighted by Gasteiger charge is 2.25. The number of nitrogen functional groups attached to an aromatic ring is 1. The topological polar surface area (TPSA) is 92.5 Å². The fourth-order valence-corrected chi connectivity index (χ4v) is 3.02. The van der Waals surface area contributed by atoms with Gasteiger partial charge in [-0.2, -0.15) is 4.31 Å². The normalized spacial score (nSPS) is 11.7. The van der Waals surface area contributed by atoms with E-state index < -0.39 is 21.7 Å². The lowest BCUT2D eigenvalue weighted by Gasteiger charge is -2.18. The van der Waals surface area contributed by atoms with Gasteiger partial charge in [0.15, 0.2) is 0 Å². The lowest BCUT2D eigenvalue weighted by molar-refractivity contribution is -0.121. The van der Waals surface area contributed by atoms with Crippen LogP contribution in [-0.4, -0.2) is 38.8 Å². The van der Waals surface area contributed by atoms with E-state index in [9.17, 15) is 17.6 Å². The van der Waals surface area contributed by atoms with Gasteiger partial charge in [0.25, 0.3) is 0 Å². The second-order valence-corrected chi connectivity index (χ2v) is 6.37. The van der Waals surface area contributed by atoms with Crippen molar-refractivity contribution in [1.82, 2.24) is 9.62 Å². The average molecular weight is 303 g/mol. The molecular weight excluding hydrogens is 285 g/mol. The second-order valence-electron chi connectivity index (χ2n) is 4.35. The maximum absolute atomic E-state index is 13.3. The maximum Gasteiger partial charge on any atom is 0.243 e. The van der Waals surface area contributed by atoms with E-state index in [1.165, 1.54) is 14.0 Å². The van der Waals surface area contributed by atoms with Gasteiger partial charge in [0, 0.05) is 13.6 Å². The summed E-state index contributed by atoms with van der Waals surface area (Å²) in [5, 5.41) is 2.51. The fraction of sp³-hybridized carbons (Fsp3) is 0.417. The fourth-order valence-electron chi connectivity index (χ4n) is 1.65. The minimum Gasteiger partial charge on any atom is -0.396 e. The third kappa shape index (κ3) is 3.45. The largest absolute Gasteiger partial charge is 0.396 e. The standard InChI is InChI=1S/C12H18FN3O3S/c1-4-15-12(17)7-16(3)20(18,19)11-6-10(14)9(13)5-8(11)2/h5-6H,4,7,14H2,1-3H3,(H,15,17). The van der Waals surface area contributed by atoms with E-state index in [0.29, 0.717) is 6.54 Å². The van der Waals surface area contributed by atoms with Gasteiger partial charge in [0.1, 0.15) is 5.82 Å². The Morgan fingerprint density at radius 2 is 2.05 bits per heavy atom. The molecule has 1 aromatic rings. The molecule has 112 valence electrons. The molecule has 1 rings (SSSR count). The first-order chi connectivity index (χ1) is 9.20. The Labute approximate surface area is 117 Å². The summed E-state index contributed by atoms with van der Waals surface area (Å²) in [5.41, 5.74) is 5.38. The number of nitrogens with one attached hydrogen (secondary N) is 1. The highest BCUT2D eigenvalue weighted by atomic mass is 32.2. The van der Waals surface area contributed by atoms with E-state index in [1.807, 2.05) is 0 Å². The molecule has 1 aromatic carbocycles. The molecule has 0 bridgehead atoms. The van der Waals surface area contributed by atoms with Crippen molar-refractivity contribution in [1.29, 1.82) is 0 Å². The van der Waals surface area contributed by atoms with Crippen LogP contribution in [-0.2, 0) is 14.8 Å². The number of amides is 1. The van der Waals surface area contributed by atoms with Gasteiger partial charge in [0.2, 0.25) is 15.9 Å². The molecule has 0 unspecified atom stereocenters. The number of carbonyl (C=O) groups excluding carboxylic acids is 1. The summed E-state index contributed by atoms with van der Waals surface area (Å²) in [6.45, 7) is 3.30. The average Bonchev–Trinajstić information content (AvgIpc) is 2.33. The van der Waals surface area contributed by atoms with Crippen LogP contribution >= 0.6 is 0 Å². The Morgan fingerprint density at radius 3 is 2.60 bits per heavy atom. The minimum absolute atomic E-state index is 0.108. The van der Waals surface area contributed by atoms with E-state index in [0.717, 1.165) is 16.4 Å². The monoisotopic (exact) mass is 303 g/mol. The number of hydrogen-bond donors (Lipinski definition) is 2. The smallest absolute Gasteiger partial charge is 0.243 e. The Kier molecular flexibility index (Phi) is 5.07. The number of rotatable bonds is 5. The zero-order valence-electron chi connectivity index (χ0n) is 11.6. The molecule has 0 spiro atoms. The van der Waals surface area contributed by atoms with Gasteiger partial charge < -0.3 is 11.1 Å². The lowest BCUT2D eigenvalue weighted by Crippen LogP contribution is -2.38. The van der Waals surface area contributed by atoms with Gasteiger partial charge in [-0.05, 0) is 31.5 Å². The van der Waals surface area contributed by atoms with E-state index in [1.54, 1.807) is 6.92 Å². The van der Waals surface area contributed by atoms with E-state index in [2.05, 4.69) is 5.32 Å². The Bertz CT molecular complexity index is 617. The molecule has 0 heterocycles. The van der Waals surface area contributed by atoms with Gasteiger partial charge in [-0.25, -0.2) is 12.8 Å². The van der Waals surface area contributed by atoms with E-state index in [4.69, 9.17) is 5.73 Å². The predicted molar refractivity (Wildman–Crippen MR) is 74.0 cm³/mol. The van der Waals surface area contributed by atoms with Crippen molar-refractivity contribution in [3.63, 3.8) is 0 Å². The number of halogens is 1. The molecular formula is C12H18FN3O3S. The zero-order valence-corrected chi connectivity index (χ0v) is 12.4. The molecule has 0 aromatic heterocycles. The maximum atomic E-state index is 13.3. The number of nitrogens with two attached hydrogens (primary N) is 1. The van der Waals surface area contributed by atoms with Crippen LogP contribution in [0.3, 0.4) is 0 Å². The molecule has 20 heavy (non-hydrogen) atoms. The number of sulfonamides is 1. The molecule has 0 aliphatic heterocycles. The highest BCUT2D eigenvalue weighted by molar-refractivity contribution is 7.89. The molecule has 1 amide bonds. The molecule has 6 nitrogen and oxygen atoms in total. The van der Waals surface area contributed by atoms with Crippen LogP contribution in [0.2, 0.25) is 0 Å². The van der Waals surface area contributed by atoms with Crippen LogP contribution in [0, 0.1) is 12.7 Å². The molecule has 0 aliphatic rings. The Balaban J connectivity index is 3.11. The van der Waals surface area contributed by atoms with Gasteiger partial charge in [-0.15, -0.1) is 0 Å². The van der Waals surface area contributed by atoms with Crippen LogP contribution in [0.5, 0.6) is 0 Å². The van der Waals surface area contributed by atoms with Gasteiger partial charge in [-0.1, -0.05) is 0 Å². The number of aryl methyl sites for hydroxylation is 1. The molecule has 3 N–H and O–H groups in total. The molecule has 0 saturated heterocycles. The Hall–Kier alpha value is -1.67. The second kappa shape index (κ2) is 6.19. The quantitative estimate of drug-likeness (QED) is 0.774. The number of anilines is 1. The molecule has 0 fully saturated rings. The summed E-state index contributed by atoms with van der Waals surface area (Å²) in [7, 11) is -2.62. The van der Waals surface area contributed by atoms with E-state index >= 15 is 0 Å². The van der Waals surface area contributed by atoms with Crippen molar-refractivity contribution in [3.8, 4) is 0 Å². The zero-order chi connectivity index (χ0) is 15.5. The van der Waals surface area contributed by atoms with Gasteiger partial charge in [-0.3, -0.25) is 4.79 Å². The third-order valence-electron chi connectivity index (χ3n) is 2.72. The van der Waals surface area contributed by atoms with Crippen LogP contribution in [0.4, 0.5) is 10.1 Å². The van der Waals surface area contributed by atoms with Crippen molar-refractivity contribution in [2.75, 3.05) is 25.9 Å². The van der Waals surface area contributed by atoms with Crippen LogP contribution in [0.1, 0.15) is 12.5 Å². The van der Waals surface area contributed by atoms with Crippen LogP contribution in [0.25, 0.3) is 0 Å². The summed E-state index contributed by atoms with van der Waals surface area (Å²) >= 11 is 0. The first-order valence-corrected chi connectivity index (χ1v) is 7.42. The van der Waals surface area contributed by atoms with E-state index in [-0.39, 0.29) is 22.7 Å². The number of benzene rings is 1. The van der Waals surface area contributed by atoms with Crippen molar-refractivity contribution >= 4 is 21.6 Å². The first-order valence-electron chi connectivity index (χ1n) is 5.98. The van der Waals surface area contributed by atoms with Crippen molar-refractivity contribution < 1.29 is 17.6 Å². The third-order valence-corrected chi connectivity index (χ3v) is 4.67. The minimum atomic E-state index is -3.90. The summed E-state index contributed by atoms with van der Waals surface area (Å²) < 4.78 is 38.8. The summed E-state index contributed by atoms with van der Waals surface area (Å²) in [6.07, 6.45) is 0. The molecule has 0 aliphatic carbocycles. The molecule has 8 heteroatoms. The molecule has 0 saturated carbocycles. The van der Waals surface area contributed by atoms with Crippen molar-refractivity contribution in [2.45, 2.75) is 18.7 Å². The number of carbonyl (C=O) groups is 1. The Morgan fingerprint density at radius 1 is 1.45 bits per heavy atom. The summed E-state index contributed by atoms with van der Waals surface area (Å²) in [5.74, 6) is -1.08. The van der Waals surface area contributed by atoms with Crippen LogP contribution in [0.15, 0.2) is 17.0 Å². The number of likely N-dealkylation sites (N-methyl/N-ethyl adjacent to an activating group) is 2. The van der Waals surface area contributed by atoms with Crippen molar-refractivity contribution in [2.24, 2.45) is 0 Å². The summed E-state index contributed by atoms with van der Waals surface area (Å²) in [6, 6.07) is 2.12. The summed E-state index contributed by atoms with van der Waals surface area (Å²) in [4.78, 5) is 11.3. The lowest BCUT2D eigenvalue weighted by atomic mass is 10.2. The predicted octanol–water partition coefficient (Wildman–Crippen LogP) is 0.473. The number of nitrogens with zero attached hydrogens (tertiary/aromatic N) is 1. The SMILES string of the molecule is CCNC(=O)CN(C)S(=O)(=O)c1cc(N)c(F)cc1C. The van der Waals surface area contributed by atoms with Crippen molar-refractivity contribution in [3.05, 3.63) is 23.5 Å².